The summed E-state index contributed by atoms with van der Waals surface area (Å²) in [7, 11) is 0. The van der Waals surface area contributed by atoms with Crippen LogP contribution < -0.4 is 0 Å². The molecule has 0 N–H and O–H groups in total. The summed E-state index contributed by atoms with van der Waals surface area (Å²) in [6.45, 7) is 13.1. The van der Waals surface area contributed by atoms with Gasteiger partial charge in [-0.3, -0.25) is 0 Å². The first-order chi connectivity index (χ1) is 14.8. The average molecular weight is 427 g/mol. The standard InChI is InChI=1S/C17H36.C11H24.C2H6/c1-3-5-7-9-11-13-15-17-16-14-12-10-8-6-4-2;1-3-5-7-9-11-10-8-6-4-2;1-2/h3-17H2,1-2H3;3-11H2,1-2H3;1-2H3. The Morgan fingerprint density at radius 1 is 0.200 bits per heavy atom. The van der Waals surface area contributed by atoms with Gasteiger partial charge in [-0.05, 0) is 0 Å². The summed E-state index contributed by atoms with van der Waals surface area (Å²) in [5.41, 5.74) is 0. The maximum atomic E-state index is 2.29. The third-order valence-electron chi connectivity index (χ3n) is 5.91. The van der Waals surface area contributed by atoms with Crippen molar-refractivity contribution in [1.82, 2.24) is 0 Å². The topological polar surface area (TPSA) is 0 Å². The molecule has 0 fully saturated rings. The first-order valence-corrected chi connectivity index (χ1v) is 14.8. The van der Waals surface area contributed by atoms with Gasteiger partial charge in [0.25, 0.3) is 0 Å². The molecule has 0 heteroatoms. The zero-order valence-corrected chi connectivity index (χ0v) is 23.0. The molecule has 0 aliphatic rings. The van der Waals surface area contributed by atoms with Gasteiger partial charge in [-0.1, -0.05) is 196 Å². The van der Waals surface area contributed by atoms with Crippen molar-refractivity contribution in [2.45, 2.75) is 196 Å². The molecule has 0 aliphatic heterocycles. The van der Waals surface area contributed by atoms with Crippen LogP contribution in [0, 0.1) is 0 Å². The summed E-state index contributed by atoms with van der Waals surface area (Å²) < 4.78 is 0. The molecule has 0 aromatic rings. The monoisotopic (exact) mass is 427 g/mol. The van der Waals surface area contributed by atoms with Crippen LogP contribution in [0.5, 0.6) is 0 Å². The van der Waals surface area contributed by atoms with Gasteiger partial charge in [0.2, 0.25) is 0 Å². The minimum Gasteiger partial charge on any atom is -0.0683 e. The van der Waals surface area contributed by atoms with E-state index in [-0.39, 0.29) is 0 Å². The smallest absolute Gasteiger partial charge is 0.0533 e. The highest BCUT2D eigenvalue weighted by molar-refractivity contribution is 4.49. The molecule has 0 aromatic heterocycles. The van der Waals surface area contributed by atoms with Crippen molar-refractivity contribution in [3.05, 3.63) is 0 Å². The van der Waals surface area contributed by atoms with E-state index >= 15 is 0 Å². The molecule has 186 valence electrons. The summed E-state index contributed by atoms with van der Waals surface area (Å²) in [6.07, 6.45) is 34.9. The molecule has 0 nitrogen and oxygen atoms in total. The van der Waals surface area contributed by atoms with Crippen molar-refractivity contribution in [2.24, 2.45) is 0 Å². The summed E-state index contributed by atoms with van der Waals surface area (Å²) in [6, 6.07) is 0. The first kappa shape index (κ1) is 34.6. The second-order valence-corrected chi connectivity index (χ2v) is 9.07. The second kappa shape index (κ2) is 39.5. The average Bonchev–Trinajstić information content (AvgIpc) is 2.78. The Hall–Kier alpha value is 0. The molecule has 0 radical (unpaired) electrons. The summed E-state index contributed by atoms with van der Waals surface area (Å²) >= 11 is 0. The van der Waals surface area contributed by atoms with Gasteiger partial charge in [-0.2, -0.15) is 0 Å². The van der Waals surface area contributed by atoms with Gasteiger partial charge < -0.3 is 0 Å². The van der Waals surface area contributed by atoms with Crippen LogP contribution in [0.25, 0.3) is 0 Å². The Balaban J connectivity index is -0.000000484. The normalized spacial score (nSPS) is 10.2. The highest BCUT2D eigenvalue weighted by Gasteiger charge is 1.93. The highest BCUT2D eigenvalue weighted by atomic mass is 14.0. The maximum Gasteiger partial charge on any atom is -0.0533 e. The molecule has 0 saturated heterocycles. The van der Waals surface area contributed by atoms with Gasteiger partial charge in [0, 0.05) is 0 Å². The molecule has 0 bridgehead atoms. The van der Waals surface area contributed by atoms with E-state index in [0.29, 0.717) is 0 Å². The van der Waals surface area contributed by atoms with Crippen molar-refractivity contribution in [2.75, 3.05) is 0 Å². The Morgan fingerprint density at radius 2 is 0.300 bits per heavy atom. The van der Waals surface area contributed by atoms with E-state index < -0.39 is 0 Å². The summed E-state index contributed by atoms with van der Waals surface area (Å²) in [5, 5.41) is 0. The van der Waals surface area contributed by atoms with E-state index in [2.05, 4.69) is 27.7 Å². The third kappa shape index (κ3) is 42.2. The van der Waals surface area contributed by atoms with E-state index in [0.717, 1.165) is 0 Å². The molecule has 0 aromatic carbocycles. The predicted octanol–water partition coefficient (Wildman–Crippen LogP) is 12.4. The second-order valence-electron chi connectivity index (χ2n) is 9.07. The Labute approximate surface area is 195 Å². The van der Waals surface area contributed by atoms with Gasteiger partial charge in [-0.25, -0.2) is 0 Å². The molecule has 0 spiro atoms. The fourth-order valence-electron chi connectivity index (χ4n) is 3.83. The summed E-state index contributed by atoms with van der Waals surface area (Å²) in [4.78, 5) is 0. The largest absolute Gasteiger partial charge is 0.0683 e. The van der Waals surface area contributed by atoms with Crippen molar-refractivity contribution in [3.8, 4) is 0 Å². The van der Waals surface area contributed by atoms with Crippen LogP contribution in [-0.2, 0) is 0 Å². The van der Waals surface area contributed by atoms with Gasteiger partial charge in [0.15, 0.2) is 0 Å². The van der Waals surface area contributed by atoms with E-state index in [9.17, 15) is 0 Å². The molecule has 0 amide bonds. The van der Waals surface area contributed by atoms with Crippen LogP contribution in [-0.4, -0.2) is 0 Å². The van der Waals surface area contributed by atoms with E-state index in [1.165, 1.54) is 154 Å². The molecule has 0 atom stereocenters. The number of hydrogen-bond acceptors (Lipinski definition) is 0. The lowest BCUT2D eigenvalue weighted by Crippen LogP contribution is -1.82. The van der Waals surface area contributed by atoms with Crippen LogP contribution in [0.15, 0.2) is 0 Å². The van der Waals surface area contributed by atoms with Crippen LogP contribution in [0.1, 0.15) is 196 Å². The van der Waals surface area contributed by atoms with Crippen molar-refractivity contribution in [1.29, 1.82) is 0 Å². The molecule has 0 unspecified atom stereocenters. The van der Waals surface area contributed by atoms with Gasteiger partial charge in [-0.15, -0.1) is 0 Å². The van der Waals surface area contributed by atoms with Crippen LogP contribution in [0.3, 0.4) is 0 Å². The van der Waals surface area contributed by atoms with Gasteiger partial charge in [0.05, 0.1) is 0 Å². The quantitative estimate of drug-likeness (QED) is 0.151. The van der Waals surface area contributed by atoms with Crippen LogP contribution in [0.4, 0.5) is 0 Å². The molecule has 0 aliphatic carbocycles. The lowest BCUT2D eigenvalue weighted by atomic mass is 10.0. The predicted molar refractivity (Wildman–Crippen MR) is 145 cm³/mol. The van der Waals surface area contributed by atoms with Crippen LogP contribution in [0.2, 0.25) is 0 Å². The molecular weight excluding hydrogens is 360 g/mol. The van der Waals surface area contributed by atoms with Gasteiger partial charge >= 0.3 is 0 Å². The van der Waals surface area contributed by atoms with E-state index in [1.807, 2.05) is 13.8 Å². The Kier molecular flexibility index (Phi) is 45.5. The molecule has 0 saturated carbocycles. The highest BCUT2D eigenvalue weighted by Crippen LogP contribution is 2.13. The summed E-state index contributed by atoms with van der Waals surface area (Å²) in [5.74, 6) is 0. The minimum absolute atomic E-state index is 1.37. The number of hydrogen-bond donors (Lipinski definition) is 0. The number of rotatable bonds is 22. The molecule has 0 rings (SSSR count). The fourth-order valence-corrected chi connectivity index (χ4v) is 3.83. The van der Waals surface area contributed by atoms with Crippen LogP contribution >= 0.6 is 0 Å². The lowest BCUT2D eigenvalue weighted by molar-refractivity contribution is 0.534. The minimum atomic E-state index is 1.37. The lowest BCUT2D eigenvalue weighted by Gasteiger charge is -2.02. The zero-order valence-electron chi connectivity index (χ0n) is 23.0. The Bertz CT molecular complexity index is 198. The number of unbranched alkanes of at least 4 members (excludes halogenated alkanes) is 22. The third-order valence-corrected chi connectivity index (χ3v) is 5.91. The molecule has 30 heavy (non-hydrogen) atoms. The van der Waals surface area contributed by atoms with Crippen molar-refractivity contribution in [3.63, 3.8) is 0 Å². The zero-order chi connectivity index (χ0) is 23.0. The van der Waals surface area contributed by atoms with Gasteiger partial charge in [0.1, 0.15) is 0 Å². The van der Waals surface area contributed by atoms with Crippen molar-refractivity contribution >= 4 is 0 Å². The molecule has 0 heterocycles. The van der Waals surface area contributed by atoms with E-state index in [1.54, 1.807) is 0 Å². The van der Waals surface area contributed by atoms with E-state index in [4.69, 9.17) is 0 Å². The van der Waals surface area contributed by atoms with Crippen molar-refractivity contribution < 1.29 is 0 Å². The SMILES string of the molecule is CC.CCCCCCCCCCC.CCCCCCCCCCCCCCCCC. The maximum absolute atomic E-state index is 2.29. The first-order valence-electron chi connectivity index (χ1n) is 14.8. The molecular formula is C30H66. The Morgan fingerprint density at radius 3 is 0.400 bits per heavy atom. The fraction of sp³-hybridized carbons (Fsp3) is 1.00.